The number of carbonyl (C=O) groups excluding carboxylic acids is 1. The molecular formula is C22H46O2Sn. The molecule has 0 spiro atoms. The van der Waals surface area contributed by atoms with Crippen LogP contribution < -0.4 is 5.11 Å². The molecule has 0 fully saturated rings. The van der Waals surface area contributed by atoms with Gasteiger partial charge in [-0.05, 0) is 24.7 Å². The number of rotatable bonds is 8. The second-order valence-corrected chi connectivity index (χ2v) is 7.05. The van der Waals surface area contributed by atoms with Gasteiger partial charge in [0.1, 0.15) is 0 Å². The summed E-state index contributed by atoms with van der Waals surface area (Å²) >= 11 is 0. The van der Waals surface area contributed by atoms with Crippen molar-refractivity contribution in [1.29, 1.82) is 0 Å². The molecule has 0 amide bonds. The summed E-state index contributed by atoms with van der Waals surface area (Å²) < 4.78 is 0. The van der Waals surface area contributed by atoms with E-state index in [0.717, 1.165) is 38.5 Å². The number of hydrogen-bond acceptors (Lipinski definition) is 2. The van der Waals surface area contributed by atoms with E-state index in [9.17, 15) is 9.90 Å². The van der Waals surface area contributed by atoms with E-state index in [1.165, 1.54) is 25.7 Å². The maximum absolute atomic E-state index is 10.0. The number of hydrogen-bond donors (Lipinski definition) is 0. The summed E-state index contributed by atoms with van der Waals surface area (Å²) in [4.78, 5) is 10.0. The second-order valence-electron chi connectivity index (χ2n) is 7.05. The third-order valence-corrected chi connectivity index (χ3v) is 2.87. The summed E-state index contributed by atoms with van der Waals surface area (Å²) in [5, 5.41) is 10.0. The number of aliphatic carboxylic acids is 1. The molecule has 0 unspecified atom stereocenters. The van der Waals surface area contributed by atoms with Gasteiger partial charge in [0.15, 0.2) is 0 Å². The third-order valence-electron chi connectivity index (χ3n) is 2.87. The Morgan fingerprint density at radius 2 is 1.12 bits per heavy atom. The van der Waals surface area contributed by atoms with Crippen molar-refractivity contribution in [2.75, 3.05) is 0 Å². The fraction of sp³-hybridized carbons (Fsp3) is 0.818. The van der Waals surface area contributed by atoms with Gasteiger partial charge in [-0.25, -0.2) is 0 Å². The van der Waals surface area contributed by atoms with Gasteiger partial charge in [0.25, 0.3) is 0 Å². The van der Waals surface area contributed by atoms with Gasteiger partial charge in [-0.3, -0.25) is 0 Å². The normalized spacial score (nSPS) is 9.16. The summed E-state index contributed by atoms with van der Waals surface area (Å²) in [5.74, 6) is -0.925. The molecule has 0 rings (SSSR count). The van der Waals surface area contributed by atoms with E-state index < -0.39 is 5.97 Å². The van der Waals surface area contributed by atoms with Crippen molar-refractivity contribution in [3.8, 4) is 0 Å². The van der Waals surface area contributed by atoms with Crippen LogP contribution in [0.2, 0.25) is 0 Å². The van der Waals surface area contributed by atoms with Gasteiger partial charge in [0.05, 0.1) is 0 Å². The maximum atomic E-state index is 10.0. The molecule has 3 heteroatoms. The van der Waals surface area contributed by atoms with E-state index in [0.29, 0.717) is 5.41 Å². The van der Waals surface area contributed by atoms with Crippen LogP contribution in [0, 0.1) is 26.2 Å². The summed E-state index contributed by atoms with van der Waals surface area (Å²) in [6.07, 6.45) is 11.1. The Morgan fingerprint density at radius 3 is 1.32 bits per heavy atom. The fourth-order valence-corrected chi connectivity index (χ4v) is 1.10. The van der Waals surface area contributed by atoms with Crippen molar-refractivity contribution in [2.24, 2.45) is 5.41 Å². The molecular weight excluding hydrogens is 415 g/mol. The number of carboxylic acid groups (broad SMARTS) is 1. The van der Waals surface area contributed by atoms with E-state index in [4.69, 9.17) is 0 Å². The van der Waals surface area contributed by atoms with E-state index in [-0.39, 0.29) is 30.3 Å². The summed E-state index contributed by atoms with van der Waals surface area (Å²) in [7, 11) is 0. The topological polar surface area (TPSA) is 40.1 Å². The van der Waals surface area contributed by atoms with Gasteiger partial charge in [0, 0.05) is 5.97 Å². The third kappa shape index (κ3) is 80.0. The van der Waals surface area contributed by atoms with Crippen molar-refractivity contribution < 1.29 is 9.90 Å². The van der Waals surface area contributed by atoms with E-state index in [1.54, 1.807) is 0 Å². The summed E-state index contributed by atoms with van der Waals surface area (Å²) in [6, 6.07) is 0. The maximum Gasteiger partial charge on any atom is 4.00 e. The molecule has 0 heterocycles. The largest absolute Gasteiger partial charge is 4.00 e. The molecule has 150 valence electrons. The summed E-state index contributed by atoms with van der Waals surface area (Å²) in [5.41, 5.74) is 0.376. The molecule has 2 nitrogen and oxygen atoms in total. The Bertz CT molecular complexity index is 195. The van der Waals surface area contributed by atoms with E-state index in [1.807, 2.05) is 0 Å². The van der Waals surface area contributed by atoms with Gasteiger partial charge in [-0.15, -0.1) is 0 Å². The molecule has 0 saturated carbocycles. The van der Waals surface area contributed by atoms with Gasteiger partial charge in [0.2, 0.25) is 0 Å². The van der Waals surface area contributed by atoms with Crippen LogP contribution in [0.3, 0.4) is 0 Å². The first kappa shape index (κ1) is 36.2. The Labute approximate surface area is 177 Å². The van der Waals surface area contributed by atoms with Gasteiger partial charge in [-0.2, -0.15) is 19.3 Å². The SMILES string of the molecule is CC(C)(C)CCCCCC(=O)[O-].[CH2-]CCC.[CH2-]CCC.[CH2-]CCC.[Sn+4]. The van der Waals surface area contributed by atoms with E-state index in [2.05, 4.69) is 62.3 Å². The average Bonchev–Trinajstić information content (AvgIpc) is 2.53. The molecule has 0 bridgehead atoms. The van der Waals surface area contributed by atoms with Crippen LogP contribution in [0.5, 0.6) is 0 Å². The van der Waals surface area contributed by atoms with Gasteiger partial charge >= 0.3 is 23.9 Å². The predicted molar refractivity (Wildman–Crippen MR) is 114 cm³/mol. The van der Waals surface area contributed by atoms with Crippen LogP contribution in [0.4, 0.5) is 0 Å². The quantitative estimate of drug-likeness (QED) is 0.245. The molecule has 0 radical (unpaired) electrons. The first-order chi connectivity index (χ1) is 11.2. The number of carboxylic acids is 1. The first-order valence-electron chi connectivity index (χ1n) is 9.74. The van der Waals surface area contributed by atoms with Crippen molar-refractivity contribution >= 4 is 29.9 Å². The zero-order valence-corrected chi connectivity index (χ0v) is 21.1. The molecule has 0 aromatic heterocycles. The van der Waals surface area contributed by atoms with Gasteiger partial charge < -0.3 is 30.7 Å². The van der Waals surface area contributed by atoms with Gasteiger partial charge in [-0.1, -0.05) is 73.6 Å². The Hall–Kier alpha value is 0.269. The molecule has 0 aromatic carbocycles. The molecule has 25 heavy (non-hydrogen) atoms. The minimum atomic E-state index is -0.925. The monoisotopic (exact) mass is 462 g/mol. The molecule has 0 aliphatic rings. The molecule has 0 aromatic rings. The van der Waals surface area contributed by atoms with Crippen molar-refractivity contribution in [1.82, 2.24) is 0 Å². The van der Waals surface area contributed by atoms with E-state index >= 15 is 0 Å². The molecule has 0 N–H and O–H groups in total. The minimum Gasteiger partial charge on any atom is -0.550 e. The van der Waals surface area contributed by atoms with Crippen LogP contribution in [0.1, 0.15) is 112 Å². The first-order valence-corrected chi connectivity index (χ1v) is 9.74. The second kappa shape index (κ2) is 32.0. The molecule has 0 saturated heterocycles. The Morgan fingerprint density at radius 1 is 0.800 bits per heavy atom. The Balaban J connectivity index is -0.0000000850. The smallest absolute Gasteiger partial charge is 0.550 e. The molecule has 0 aliphatic carbocycles. The van der Waals surface area contributed by atoms with Crippen molar-refractivity contribution in [2.45, 2.75) is 112 Å². The summed E-state index contributed by atoms with van der Waals surface area (Å²) in [6.45, 7) is 23.8. The number of unbranched alkanes of at least 4 members (excludes halogenated alkanes) is 5. The molecule has 0 aliphatic heterocycles. The van der Waals surface area contributed by atoms with Crippen LogP contribution in [0.15, 0.2) is 0 Å². The zero-order valence-electron chi connectivity index (χ0n) is 18.2. The van der Waals surface area contributed by atoms with Crippen LogP contribution in [0.25, 0.3) is 0 Å². The van der Waals surface area contributed by atoms with Crippen LogP contribution in [-0.4, -0.2) is 29.9 Å². The van der Waals surface area contributed by atoms with Crippen molar-refractivity contribution in [3.63, 3.8) is 0 Å². The van der Waals surface area contributed by atoms with Crippen LogP contribution in [-0.2, 0) is 4.79 Å². The van der Waals surface area contributed by atoms with Crippen molar-refractivity contribution in [3.05, 3.63) is 20.8 Å². The molecule has 0 atom stereocenters. The predicted octanol–water partition coefficient (Wildman–Crippen LogP) is 6.21. The minimum absolute atomic E-state index is 0. The number of carbonyl (C=O) groups is 1. The standard InChI is InChI=1S/C10H20O2.3C4H9.Sn/c1-10(2,3)8-6-4-5-7-9(11)12;3*1-3-4-2;/h4-8H2,1-3H3,(H,11,12);3*1,3-4H2,2H3;/q;3*-1;+4/p-1. The Kier molecular flexibility index (Phi) is 46.3. The fourth-order valence-electron chi connectivity index (χ4n) is 1.10. The average molecular weight is 461 g/mol. The zero-order chi connectivity index (χ0) is 19.9. The van der Waals surface area contributed by atoms with Crippen LogP contribution >= 0.6 is 0 Å².